The molecule has 2 saturated carbocycles. The minimum atomic E-state index is -0.0923. The van der Waals surface area contributed by atoms with E-state index in [2.05, 4.69) is 11.8 Å². The summed E-state index contributed by atoms with van der Waals surface area (Å²) in [5.74, 6) is 1.52. The maximum absolute atomic E-state index is 12.1. The van der Waals surface area contributed by atoms with Crippen LogP contribution < -0.4 is 0 Å². The topological polar surface area (TPSA) is 29.5 Å². The van der Waals surface area contributed by atoms with Gasteiger partial charge in [0.25, 0.3) is 0 Å². The zero-order chi connectivity index (χ0) is 13.3. The van der Waals surface area contributed by atoms with Gasteiger partial charge in [0.05, 0.1) is 6.42 Å². The first-order valence-corrected chi connectivity index (χ1v) is 8.16. The van der Waals surface area contributed by atoms with E-state index in [-0.39, 0.29) is 11.6 Å². The summed E-state index contributed by atoms with van der Waals surface area (Å²) in [7, 11) is 0. The van der Waals surface area contributed by atoms with Crippen molar-refractivity contribution in [1.82, 2.24) is 4.90 Å². The van der Waals surface area contributed by atoms with Crippen LogP contribution in [0.2, 0.25) is 0 Å². The lowest BCUT2D eigenvalue weighted by molar-refractivity contribution is -0.166. The average Bonchev–Trinajstić information content (AvgIpc) is 3.13. The Labute approximate surface area is 116 Å². The number of carbonyl (C=O) groups is 1. The summed E-state index contributed by atoms with van der Waals surface area (Å²) < 4.78 is 5.98. The van der Waals surface area contributed by atoms with Crippen molar-refractivity contribution in [3.63, 3.8) is 0 Å². The Balaban J connectivity index is 1.50. The molecule has 108 valence electrons. The number of hydrogen-bond acceptors (Lipinski definition) is 3. The second-order valence-corrected chi connectivity index (χ2v) is 6.77. The lowest BCUT2D eigenvalue weighted by atomic mass is 9.82. The smallest absolute Gasteiger partial charge is 0.307 e. The standard InChI is InChI=1S/C16H27NO2/c1-2-16(12-13-5-6-14(16)11-13)19-15(18)7-10-17-8-3-4-9-17/h13-14H,2-12H2,1H3. The number of ether oxygens (including phenoxy) is 1. The number of esters is 1. The number of nitrogens with zero attached hydrogens (tertiary/aromatic N) is 1. The molecule has 0 aromatic rings. The highest BCUT2D eigenvalue weighted by atomic mass is 16.6. The first-order valence-electron chi connectivity index (χ1n) is 8.16. The van der Waals surface area contributed by atoms with Gasteiger partial charge in [0.2, 0.25) is 0 Å². The van der Waals surface area contributed by atoms with Crippen LogP contribution in [0.5, 0.6) is 0 Å². The second kappa shape index (κ2) is 5.43. The van der Waals surface area contributed by atoms with Crippen LogP contribution in [0.25, 0.3) is 0 Å². The van der Waals surface area contributed by atoms with Crippen molar-refractivity contribution in [1.29, 1.82) is 0 Å². The van der Waals surface area contributed by atoms with Gasteiger partial charge in [-0.25, -0.2) is 0 Å². The van der Waals surface area contributed by atoms with Gasteiger partial charge in [0.15, 0.2) is 0 Å². The highest BCUT2D eigenvalue weighted by Gasteiger charge is 2.52. The van der Waals surface area contributed by atoms with Crippen LogP contribution >= 0.6 is 0 Å². The number of likely N-dealkylation sites (tertiary alicyclic amines) is 1. The van der Waals surface area contributed by atoms with Gasteiger partial charge in [-0.05, 0) is 69.9 Å². The zero-order valence-corrected chi connectivity index (χ0v) is 12.2. The van der Waals surface area contributed by atoms with E-state index in [0.29, 0.717) is 12.3 Å². The molecular weight excluding hydrogens is 238 g/mol. The molecule has 0 aromatic carbocycles. The van der Waals surface area contributed by atoms with Gasteiger partial charge in [0, 0.05) is 6.54 Å². The number of carbonyl (C=O) groups excluding carboxylic acids is 1. The van der Waals surface area contributed by atoms with Crippen molar-refractivity contribution < 1.29 is 9.53 Å². The molecule has 3 rings (SSSR count). The highest BCUT2D eigenvalue weighted by Crippen LogP contribution is 2.54. The summed E-state index contributed by atoms with van der Waals surface area (Å²) >= 11 is 0. The fourth-order valence-corrected chi connectivity index (χ4v) is 4.56. The molecule has 3 heteroatoms. The Morgan fingerprint density at radius 2 is 2.11 bits per heavy atom. The molecule has 3 aliphatic rings. The van der Waals surface area contributed by atoms with Gasteiger partial charge in [-0.15, -0.1) is 0 Å². The van der Waals surface area contributed by atoms with E-state index in [0.717, 1.165) is 38.4 Å². The molecule has 0 radical (unpaired) electrons. The van der Waals surface area contributed by atoms with Crippen LogP contribution in [0.15, 0.2) is 0 Å². The van der Waals surface area contributed by atoms with Crippen molar-refractivity contribution in [3.8, 4) is 0 Å². The third-order valence-corrected chi connectivity index (χ3v) is 5.67. The molecule has 0 spiro atoms. The van der Waals surface area contributed by atoms with E-state index in [4.69, 9.17) is 4.74 Å². The molecule has 3 fully saturated rings. The minimum absolute atomic E-state index is 0.0429. The predicted octanol–water partition coefficient (Wildman–Crippen LogP) is 2.98. The van der Waals surface area contributed by atoms with Crippen molar-refractivity contribution in [2.75, 3.05) is 19.6 Å². The molecule has 3 nitrogen and oxygen atoms in total. The molecule has 0 N–H and O–H groups in total. The molecular formula is C16H27NO2. The van der Waals surface area contributed by atoms with Gasteiger partial charge in [-0.2, -0.15) is 0 Å². The third-order valence-electron chi connectivity index (χ3n) is 5.67. The molecule has 2 aliphatic carbocycles. The van der Waals surface area contributed by atoms with Crippen molar-refractivity contribution in [2.45, 2.75) is 63.9 Å². The van der Waals surface area contributed by atoms with E-state index in [1.807, 2.05) is 0 Å². The summed E-state index contributed by atoms with van der Waals surface area (Å²) in [5.41, 5.74) is -0.0923. The van der Waals surface area contributed by atoms with Gasteiger partial charge in [-0.3, -0.25) is 4.79 Å². The summed E-state index contributed by atoms with van der Waals surface area (Å²) in [6, 6.07) is 0. The average molecular weight is 265 g/mol. The van der Waals surface area contributed by atoms with Gasteiger partial charge < -0.3 is 9.64 Å². The van der Waals surface area contributed by atoms with Crippen LogP contribution in [0.3, 0.4) is 0 Å². The van der Waals surface area contributed by atoms with Crippen molar-refractivity contribution in [3.05, 3.63) is 0 Å². The number of hydrogen-bond donors (Lipinski definition) is 0. The third kappa shape index (κ3) is 2.67. The fourth-order valence-electron chi connectivity index (χ4n) is 4.56. The molecule has 1 saturated heterocycles. The van der Waals surface area contributed by atoms with E-state index in [1.54, 1.807) is 0 Å². The predicted molar refractivity (Wildman–Crippen MR) is 74.9 cm³/mol. The Bertz CT molecular complexity index is 338. The Kier molecular flexibility index (Phi) is 3.84. The Morgan fingerprint density at radius 3 is 2.68 bits per heavy atom. The van der Waals surface area contributed by atoms with E-state index < -0.39 is 0 Å². The van der Waals surface area contributed by atoms with Crippen LogP contribution in [0.1, 0.15) is 58.3 Å². The zero-order valence-electron chi connectivity index (χ0n) is 12.2. The normalized spacial score (nSPS) is 37.9. The van der Waals surface area contributed by atoms with Crippen molar-refractivity contribution >= 4 is 5.97 Å². The second-order valence-electron chi connectivity index (χ2n) is 6.77. The summed E-state index contributed by atoms with van der Waals surface area (Å²) in [6.07, 6.45) is 9.23. The highest BCUT2D eigenvalue weighted by molar-refractivity contribution is 5.70. The molecule has 0 amide bonds. The lowest BCUT2D eigenvalue weighted by Crippen LogP contribution is -2.40. The molecule has 19 heavy (non-hydrogen) atoms. The first kappa shape index (κ1) is 13.4. The summed E-state index contributed by atoms with van der Waals surface area (Å²) in [5, 5.41) is 0. The molecule has 2 bridgehead atoms. The number of rotatable bonds is 5. The monoisotopic (exact) mass is 265 g/mol. The first-order chi connectivity index (χ1) is 9.22. The Hall–Kier alpha value is -0.570. The van der Waals surface area contributed by atoms with E-state index in [1.165, 1.54) is 32.1 Å². The minimum Gasteiger partial charge on any atom is -0.459 e. The SMILES string of the molecule is CCC1(OC(=O)CCN2CCCC2)CC2CCC1C2. The Morgan fingerprint density at radius 1 is 1.32 bits per heavy atom. The van der Waals surface area contributed by atoms with Gasteiger partial charge >= 0.3 is 5.97 Å². The van der Waals surface area contributed by atoms with Gasteiger partial charge in [0.1, 0.15) is 5.60 Å². The molecule has 3 unspecified atom stereocenters. The lowest BCUT2D eigenvalue weighted by Gasteiger charge is -2.36. The van der Waals surface area contributed by atoms with Crippen LogP contribution in [-0.2, 0) is 9.53 Å². The van der Waals surface area contributed by atoms with Gasteiger partial charge in [-0.1, -0.05) is 6.92 Å². The molecule has 1 aliphatic heterocycles. The van der Waals surface area contributed by atoms with Crippen LogP contribution in [0.4, 0.5) is 0 Å². The summed E-state index contributed by atoms with van der Waals surface area (Å²) in [6.45, 7) is 5.41. The maximum atomic E-state index is 12.1. The quantitative estimate of drug-likeness (QED) is 0.716. The number of fused-ring (bicyclic) bond motifs is 2. The van der Waals surface area contributed by atoms with E-state index in [9.17, 15) is 4.79 Å². The van der Waals surface area contributed by atoms with Crippen LogP contribution in [0, 0.1) is 11.8 Å². The van der Waals surface area contributed by atoms with Crippen molar-refractivity contribution in [2.24, 2.45) is 11.8 Å². The fraction of sp³-hybridized carbons (Fsp3) is 0.938. The molecule has 3 atom stereocenters. The molecule has 0 aromatic heterocycles. The van der Waals surface area contributed by atoms with E-state index >= 15 is 0 Å². The maximum Gasteiger partial charge on any atom is 0.307 e. The largest absolute Gasteiger partial charge is 0.459 e. The summed E-state index contributed by atoms with van der Waals surface area (Å²) in [4.78, 5) is 14.5. The molecule has 1 heterocycles. The van der Waals surface area contributed by atoms with Crippen LogP contribution in [-0.4, -0.2) is 36.1 Å².